The maximum atomic E-state index is 13.5. The van der Waals surface area contributed by atoms with Gasteiger partial charge in [-0.15, -0.1) is 0 Å². The summed E-state index contributed by atoms with van der Waals surface area (Å²) < 4.78 is 6.04. The largest absolute Gasteiger partial charge is 0.487 e. The first-order valence-electron chi connectivity index (χ1n) is 12.6. The van der Waals surface area contributed by atoms with Crippen molar-refractivity contribution in [3.8, 4) is 11.8 Å². The van der Waals surface area contributed by atoms with E-state index in [-0.39, 0.29) is 18.2 Å². The number of Topliss-reactive ketones (excluding diaryl/α,β-unsaturated/α-hetero) is 1. The molecule has 39 heavy (non-hydrogen) atoms. The molecular formula is C31H26Cl3N3O2. The van der Waals surface area contributed by atoms with Crippen LogP contribution in [0.15, 0.2) is 77.3 Å². The highest BCUT2D eigenvalue weighted by Crippen LogP contribution is 2.47. The van der Waals surface area contributed by atoms with E-state index in [1.54, 1.807) is 29.2 Å². The van der Waals surface area contributed by atoms with Gasteiger partial charge < -0.3 is 10.5 Å². The van der Waals surface area contributed by atoms with Gasteiger partial charge in [-0.05, 0) is 79.3 Å². The molecule has 1 atom stereocenters. The predicted molar refractivity (Wildman–Crippen MR) is 156 cm³/mol. The monoisotopic (exact) mass is 577 g/mol. The molecule has 8 heteroatoms. The molecule has 5 nitrogen and oxygen atoms in total. The fourth-order valence-corrected chi connectivity index (χ4v) is 5.90. The number of ketones is 1. The number of halogens is 3. The van der Waals surface area contributed by atoms with Crippen molar-refractivity contribution < 1.29 is 9.53 Å². The Labute approximate surface area is 243 Å². The van der Waals surface area contributed by atoms with E-state index in [4.69, 9.17) is 45.3 Å². The summed E-state index contributed by atoms with van der Waals surface area (Å²) in [5.41, 5.74) is 12.9. The normalized spacial score (nSPS) is 17.3. The number of para-hydroxylation sites is 1. The Morgan fingerprint density at radius 2 is 1.77 bits per heavy atom. The van der Waals surface area contributed by atoms with Gasteiger partial charge in [0.2, 0.25) is 0 Å². The summed E-state index contributed by atoms with van der Waals surface area (Å²) in [4.78, 5) is 15.3. The topological polar surface area (TPSA) is 79.4 Å². The Morgan fingerprint density at radius 1 is 1.00 bits per heavy atom. The number of nitrogens with two attached hydrogens (primary N) is 1. The molecule has 0 spiro atoms. The minimum absolute atomic E-state index is 0.0143. The van der Waals surface area contributed by atoms with Crippen LogP contribution in [0, 0.1) is 25.2 Å². The molecule has 5 rings (SSSR count). The van der Waals surface area contributed by atoms with E-state index >= 15 is 0 Å². The molecule has 198 valence electrons. The lowest BCUT2D eigenvalue weighted by molar-refractivity contribution is -0.116. The van der Waals surface area contributed by atoms with Gasteiger partial charge in [0.1, 0.15) is 18.2 Å². The Kier molecular flexibility index (Phi) is 7.64. The highest BCUT2D eigenvalue weighted by Gasteiger charge is 2.41. The van der Waals surface area contributed by atoms with Crippen molar-refractivity contribution in [2.75, 3.05) is 4.90 Å². The summed E-state index contributed by atoms with van der Waals surface area (Å²) in [6.45, 7) is 4.29. The van der Waals surface area contributed by atoms with E-state index in [1.165, 1.54) is 0 Å². The van der Waals surface area contributed by atoms with Gasteiger partial charge in [0.15, 0.2) is 5.78 Å². The van der Waals surface area contributed by atoms with Gasteiger partial charge in [-0.3, -0.25) is 9.69 Å². The lowest BCUT2D eigenvalue weighted by atomic mass is 9.74. The van der Waals surface area contributed by atoms with E-state index in [1.807, 2.05) is 38.1 Å². The van der Waals surface area contributed by atoms with Crippen molar-refractivity contribution >= 4 is 46.3 Å². The third-order valence-corrected chi connectivity index (χ3v) is 8.38. The first-order chi connectivity index (χ1) is 18.7. The smallest absolute Gasteiger partial charge is 0.161 e. The lowest BCUT2D eigenvalue weighted by Crippen LogP contribution is -2.39. The second kappa shape index (κ2) is 11.0. The maximum absolute atomic E-state index is 13.5. The van der Waals surface area contributed by atoms with E-state index in [9.17, 15) is 10.1 Å². The molecule has 3 aromatic rings. The number of allylic oxidation sites excluding steroid dienone is 3. The molecule has 1 unspecified atom stereocenters. The van der Waals surface area contributed by atoms with Crippen molar-refractivity contribution in [2.45, 2.75) is 45.6 Å². The average Bonchev–Trinajstić information content (AvgIpc) is 2.90. The number of hydrogen-bond acceptors (Lipinski definition) is 5. The van der Waals surface area contributed by atoms with E-state index < -0.39 is 5.92 Å². The van der Waals surface area contributed by atoms with Gasteiger partial charge in [-0.2, -0.15) is 5.26 Å². The molecule has 1 aliphatic carbocycles. The van der Waals surface area contributed by atoms with E-state index in [0.717, 1.165) is 28.0 Å². The van der Waals surface area contributed by atoms with Crippen LogP contribution in [0.3, 0.4) is 0 Å². The highest BCUT2D eigenvalue weighted by molar-refractivity contribution is 6.42. The number of nitriles is 1. The molecule has 0 fully saturated rings. The van der Waals surface area contributed by atoms with Crippen molar-refractivity contribution in [3.63, 3.8) is 0 Å². The zero-order valence-corrected chi connectivity index (χ0v) is 23.8. The third-order valence-electron chi connectivity index (χ3n) is 7.33. The predicted octanol–water partition coefficient (Wildman–Crippen LogP) is 8.15. The summed E-state index contributed by atoms with van der Waals surface area (Å²) in [7, 11) is 0. The Balaban J connectivity index is 1.64. The van der Waals surface area contributed by atoms with Crippen molar-refractivity contribution in [2.24, 2.45) is 5.73 Å². The van der Waals surface area contributed by atoms with Crippen molar-refractivity contribution in [1.82, 2.24) is 0 Å². The van der Waals surface area contributed by atoms with Gasteiger partial charge in [0, 0.05) is 23.4 Å². The molecule has 2 N–H and O–H groups in total. The fraction of sp³-hybridized carbons (Fsp3) is 0.226. The van der Waals surface area contributed by atoms with Gasteiger partial charge >= 0.3 is 0 Å². The molecule has 0 saturated carbocycles. The van der Waals surface area contributed by atoms with Crippen LogP contribution < -0.4 is 15.4 Å². The number of anilines is 1. The number of aryl methyl sites for hydroxylation is 2. The fourth-order valence-electron chi connectivity index (χ4n) is 5.42. The molecule has 0 aromatic heterocycles. The zero-order valence-electron chi connectivity index (χ0n) is 21.5. The van der Waals surface area contributed by atoms with Gasteiger partial charge in [0.05, 0.1) is 32.6 Å². The number of hydrogen-bond donors (Lipinski definition) is 1. The first kappa shape index (κ1) is 27.1. The van der Waals surface area contributed by atoms with Crippen LogP contribution in [0.25, 0.3) is 0 Å². The number of carbonyl (C=O) groups excluding carboxylic acids is 1. The zero-order chi connectivity index (χ0) is 27.8. The van der Waals surface area contributed by atoms with Crippen LogP contribution in [-0.2, 0) is 11.4 Å². The summed E-state index contributed by atoms with van der Waals surface area (Å²) in [5, 5.41) is 11.7. The molecule has 1 aliphatic heterocycles. The number of ether oxygens (including phenoxy) is 1. The molecular weight excluding hydrogens is 553 g/mol. The van der Waals surface area contributed by atoms with Crippen LogP contribution in [0.1, 0.15) is 47.4 Å². The molecule has 0 amide bonds. The van der Waals surface area contributed by atoms with Crippen LogP contribution in [0.4, 0.5) is 5.69 Å². The van der Waals surface area contributed by atoms with Gasteiger partial charge in [-0.1, -0.05) is 59.1 Å². The quantitative estimate of drug-likeness (QED) is 0.330. The summed E-state index contributed by atoms with van der Waals surface area (Å²) in [6.07, 6.45) is 1.75. The van der Waals surface area contributed by atoms with E-state index in [0.29, 0.717) is 56.9 Å². The molecule has 3 aromatic carbocycles. The second-order valence-corrected chi connectivity index (χ2v) is 11.0. The first-order valence-corrected chi connectivity index (χ1v) is 13.7. The molecule has 0 bridgehead atoms. The SMILES string of the molecule is Cc1cc(C)c(C2C(C#N)=C(N)N(c3ccc(Cl)c(Cl)c3)C3=C2C(=O)CCC3)cc1COc1ccccc1Cl. The average molecular weight is 579 g/mol. The molecule has 2 aliphatic rings. The Hall–Kier alpha value is -3.43. The second-order valence-electron chi connectivity index (χ2n) is 9.77. The summed E-state index contributed by atoms with van der Waals surface area (Å²) in [5.74, 6) is 0.296. The number of rotatable bonds is 5. The molecule has 0 radical (unpaired) electrons. The maximum Gasteiger partial charge on any atom is 0.161 e. The van der Waals surface area contributed by atoms with Crippen molar-refractivity contribution in [3.05, 3.63) is 115 Å². The Morgan fingerprint density at radius 3 is 2.49 bits per heavy atom. The third kappa shape index (κ3) is 5.01. The minimum Gasteiger partial charge on any atom is -0.487 e. The lowest BCUT2D eigenvalue weighted by Gasteiger charge is -2.40. The number of carbonyl (C=O) groups is 1. The van der Waals surface area contributed by atoms with Gasteiger partial charge in [-0.25, -0.2) is 0 Å². The standard InChI is InChI=1S/C31H26Cl3N3O2/c1-17-12-18(2)21(13-19(17)16-39-28-9-4-3-6-24(28)33)29-22(15-35)31(36)37(20-10-11-23(32)25(34)14-20)26-7-5-8-27(38)30(26)29/h3-4,6,9-14,29H,5,7-8,16,36H2,1-2H3. The minimum atomic E-state index is -0.587. The van der Waals surface area contributed by atoms with Gasteiger partial charge in [0.25, 0.3) is 0 Å². The molecule has 0 saturated heterocycles. The van der Waals surface area contributed by atoms with Crippen LogP contribution in [-0.4, -0.2) is 5.78 Å². The van der Waals surface area contributed by atoms with Crippen LogP contribution >= 0.6 is 34.8 Å². The van der Waals surface area contributed by atoms with Crippen LogP contribution in [0.2, 0.25) is 15.1 Å². The highest BCUT2D eigenvalue weighted by atomic mass is 35.5. The molecule has 1 heterocycles. The number of benzene rings is 3. The summed E-state index contributed by atoms with van der Waals surface area (Å²) in [6, 6.07) is 18.9. The summed E-state index contributed by atoms with van der Waals surface area (Å²) >= 11 is 18.8. The van der Waals surface area contributed by atoms with Crippen molar-refractivity contribution in [1.29, 1.82) is 5.26 Å². The Bertz CT molecular complexity index is 1600. The van der Waals surface area contributed by atoms with Crippen LogP contribution in [0.5, 0.6) is 5.75 Å². The van der Waals surface area contributed by atoms with E-state index in [2.05, 4.69) is 12.1 Å². The number of nitrogens with zero attached hydrogens (tertiary/aromatic N) is 2.